The number of nitrogens with zero attached hydrogens (tertiary/aromatic N) is 4. The molecule has 1 aliphatic rings. The second-order valence-electron chi connectivity index (χ2n) is 6.69. The number of furan rings is 1. The molecule has 1 atom stereocenters. The molecule has 0 unspecified atom stereocenters. The summed E-state index contributed by atoms with van der Waals surface area (Å²) in [5.74, 6) is 1.53. The first kappa shape index (κ1) is 15.8. The van der Waals surface area contributed by atoms with E-state index in [4.69, 9.17) is 9.40 Å². The SMILES string of the molecule is O=C(c1ccccc1)N1CC[C@@H](n2c(-c3ccco3)nc3cccnc32)C1. The molecule has 0 aliphatic carbocycles. The Morgan fingerprint density at radius 2 is 1.96 bits per heavy atom. The number of imidazole rings is 1. The van der Waals surface area contributed by atoms with Crippen LogP contribution in [-0.2, 0) is 0 Å². The predicted molar refractivity (Wildman–Crippen MR) is 101 cm³/mol. The van der Waals surface area contributed by atoms with Gasteiger partial charge in [0.2, 0.25) is 0 Å². The molecular formula is C21H18N4O2. The molecular weight excluding hydrogens is 340 g/mol. The van der Waals surface area contributed by atoms with Crippen molar-refractivity contribution in [3.63, 3.8) is 0 Å². The van der Waals surface area contributed by atoms with E-state index in [2.05, 4.69) is 9.55 Å². The maximum Gasteiger partial charge on any atom is 0.253 e. The number of aromatic nitrogens is 3. The van der Waals surface area contributed by atoms with E-state index in [1.165, 1.54) is 0 Å². The lowest BCUT2D eigenvalue weighted by Gasteiger charge is -2.18. The Bertz CT molecular complexity index is 1090. The topological polar surface area (TPSA) is 64.2 Å². The highest BCUT2D eigenvalue weighted by Crippen LogP contribution is 2.32. The highest BCUT2D eigenvalue weighted by Gasteiger charge is 2.31. The van der Waals surface area contributed by atoms with E-state index in [-0.39, 0.29) is 11.9 Å². The van der Waals surface area contributed by atoms with Crippen LogP contribution in [0.4, 0.5) is 0 Å². The minimum Gasteiger partial charge on any atom is -0.461 e. The Kier molecular flexibility index (Phi) is 3.74. The summed E-state index contributed by atoms with van der Waals surface area (Å²) in [6.45, 7) is 1.34. The van der Waals surface area contributed by atoms with Gasteiger partial charge >= 0.3 is 0 Å². The molecule has 4 aromatic rings. The van der Waals surface area contributed by atoms with Crippen molar-refractivity contribution in [2.75, 3.05) is 13.1 Å². The molecule has 1 aromatic carbocycles. The van der Waals surface area contributed by atoms with Gasteiger partial charge in [0.25, 0.3) is 5.91 Å². The molecule has 4 heterocycles. The zero-order valence-corrected chi connectivity index (χ0v) is 14.7. The van der Waals surface area contributed by atoms with Crippen molar-refractivity contribution < 1.29 is 9.21 Å². The van der Waals surface area contributed by atoms with E-state index >= 15 is 0 Å². The standard InChI is InChI=1S/C21H18N4O2/c26-21(15-6-2-1-3-7-15)24-12-10-16(14-24)25-19-17(8-4-11-22-19)23-20(25)18-9-5-13-27-18/h1-9,11,13,16H,10,12,14H2/t16-/m1/s1. The zero-order chi connectivity index (χ0) is 18.2. The lowest BCUT2D eigenvalue weighted by molar-refractivity contribution is 0.0788. The molecule has 0 radical (unpaired) electrons. The molecule has 1 aliphatic heterocycles. The zero-order valence-electron chi connectivity index (χ0n) is 14.7. The number of carbonyl (C=O) groups is 1. The Labute approximate surface area is 156 Å². The van der Waals surface area contributed by atoms with Gasteiger partial charge in [-0.15, -0.1) is 0 Å². The molecule has 1 fully saturated rings. The monoisotopic (exact) mass is 358 g/mol. The van der Waals surface area contributed by atoms with Crippen molar-refractivity contribution >= 4 is 17.1 Å². The quantitative estimate of drug-likeness (QED) is 0.559. The van der Waals surface area contributed by atoms with Crippen LogP contribution in [-0.4, -0.2) is 38.4 Å². The minimum absolute atomic E-state index is 0.0648. The van der Waals surface area contributed by atoms with Gasteiger partial charge in [0.1, 0.15) is 5.52 Å². The van der Waals surface area contributed by atoms with Crippen LogP contribution in [0.3, 0.4) is 0 Å². The number of hydrogen-bond acceptors (Lipinski definition) is 4. The van der Waals surface area contributed by atoms with Crippen LogP contribution in [0.25, 0.3) is 22.7 Å². The van der Waals surface area contributed by atoms with Crippen LogP contribution in [0.2, 0.25) is 0 Å². The molecule has 1 amide bonds. The molecule has 27 heavy (non-hydrogen) atoms. The van der Waals surface area contributed by atoms with Gasteiger partial charge in [-0.1, -0.05) is 18.2 Å². The number of likely N-dealkylation sites (tertiary alicyclic amines) is 1. The van der Waals surface area contributed by atoms with E-state index < -0.39 is 0 Å². The van der Waals surface area contributed by atoms with E-state index in [1.807, 2.05) is 59.5 Å². The maximum absolute atomic E-state index is 12.8. The largest absolute Gasteiger partial charge is 0.461 e. The molecule has 0 spiro atoms. The van der Waals surface area contributed by atoms with Gasteiger partial charge in [0.05, 0.1) is 12.3 Å². The number of pyridine rings is 1. The van der Waals surface area contributed by atoms with Crippen LogP contribution < -0.4 is 0 Å². The molecule has 6 nitrogen and oxygen atoms in total. The summed E-state index contributed by atoms with van der Waals surface area (Å²) in [5.41, 5.74) is 2.37. The lowest BCUT2D eigenvalue weighted by atomic mass is 10.2. The summed E-state index contributed by atoms with van der Waals surface area (Å²) < 4.78 is 7.72. The van der Waals surface area contributed by atoms with Crippen LogP contribution in [0.1, 0.15) is 22.8 Å². The molecule has 0 N–H and O–H groups in total. The van der Waals surface area contributed by atoms with Crippen molar-refractivity contribution in [2.24, 2.45) is 0 Å². The normalized spacial score (nSPS) is 16.9. The van der Waals surface area contributed by atoms with E-state index in [0.29, 0.717) is 18.8 Å². The average molecular weight is 358 g/mol. The van der Waals surface area contributed by atoms with Crippen molar-refractivity contribution in [3.8, 4) is 11.6 Å². The van der Waals surface area contributed by atoms with Crippen LogP contribution in [0.5, 0.6) is 0 Å². The van der Waals surface area contributed by atoms with Gasteiger partial charge in [-0.25, -0.2) is 9.97 Å². The fraction of sp³-hybridized carbons (Fsp3) is 0.190. The highest BCUT2D eigenvalue weighted by atomic mass is 16.3. The van der Waals surface area contributed by atoms with Gasteiger partial charge in [0, 0.05) is 24.8 Å². The number of benzene rings is 1. The summed E-state index contributed by atoms with van der Waals surface area (Å²) in [6, 6.07) is 17.1. The molecule has 134 valence electrons. The smallest absolute Gasteiger partial charge is 0.253 e. The third-order valence-electron chi connectivity index (χ3n) is 5.03. The number of carbonyl (C=O) groups excluding carboxylic acids is 1. The Hall–Kier alpha value is -3.41. The fourth-order valence-electron chi connectivity index (χ4n) is 3.76. The van der Waals surface area contributed by atoms with E-state index in [0.717, 1.165) is 29.0 Å². The van der Waals surface area contributed by atoms with Crippen molar-refractivity contribution in [3.05, 3.63) is 72.6 Å². The first-order valence-corrected chi connectivity index (χ1v) is 9.02. The molecule has 1 saturated heterocycles. The Balaban J connectivity index is 1.51. The van der Waals surface area contributed by atoms with E-state index in [9.17, 15) is 4.79 Å². The van der Waals surface area contributed by atoms with Crippen LogP contribution >= 0.6 is 0 Å². The first-order chi connectivity index (χ1) is 13.3. The predicted octanol–water partition coefficient (Wildman–Crippen LogP) is 3.78. The third kappa shape index (κ3) is 2.70. The summed E-state index contributed by atoms with van der Waals surface area (Å²) in [4.78, 5) is 24.0. The van der Waals surface area contributed by atoms with Crippen LogP contribution in [0.15, 0.2) is 71.5 Å². The molecule has 3 aromatic heterocycles. The molecule has 6 heteroatoms. The van der Waals surface area contributed by atoms with Gasteiger partial charge in [-0.05, 0) is 42.8 Å². The molecule has 5 rings (SSSR count). The Morgan fingerprint density at radius 3 is 2.78 bits per heavy atom. The van der Waals surface area contributed by atoms with Crippen molar-refractivity contribution in [2.45, 2.75) is 12.5 Å². The van der Waals surface area contributed by atoms with Gasteiger partial charge in [-0.2, -0.15) is 0 Å². The molecule has 0 saturated carbocycles. The summed E-state index contributed by atoms with van der Waals surface area (Å²) >= 11 is 0. The van der Waals surface area contributed by atoms with Gasteiger partial charge < -0.3 is 13.9 Å². The highest BCUT2D eigenvalue weighted by molar-refractivity contribution is 5.94. The minimum atomic E-state index is 0.0648. The summed E-state index contributed by atoms with van der Waals surface area (Å²) in [5, 5.41) is 0. The number of amides is 1. The second kappa shape index (κ2) is 6.39. The summed E-state index contributed by atoms with van der Waals surface area (Å²) in [7, 11) is 0. The maximum atomic E-state index is 12.8. The van der Waals surface area contributed by atoms with Gasteiger partial charge in [-0.3, -0.25) is 4.79 Å². The average Bonchev–Trinajstić information content (AvgIpc) is 3.46. The van der Waals surface area contributed by atoms with Gasteiger partial charge in [0.15, 0.2) is 17.2 Å². The second-order valence-corrected chi connectivity index (χ2v) is 6.69. The number of fused-ring (bicyclic) bond motifs is 1. The Morgan fingerprint density at radius 1 is 1.07 bits per heavy atom. The van der Waals surface area contributed by atoms with Crippen molar-refractivity contribution in [1.82, 2.24) is 19.4 Å². The van der Waals surface area contributed by atoms with Crippen molar-refractivity contribution in [1.29, 1.82) is 0 Å². The van der Waals surface area contributed by atoms with Crippen LogP contribution in [0, 0.1) is 0 Å². The lowest BCUT2D eigenvalue weighted by Crippen LogP contribution is -2.29. The first-order valence-electron chi connectivity index (χ1n) is 9.02. The number of hydrogen-bond donors (Lipinski definition) is 0. The third-order valence-corrected chi connectivity index (χ3v) is 5.03. The van der Waals surface area contributed by atoms with E-state index in [1.54, 1.807) is 12.5 Å². The summed E-state index contributed by atoms with van der Waals surface area (Å²) in [6.07, 6.45) is 4.27. The number of rotatable bonds is 3. The fourth-order valence-corrected chi connectivity index (χ4v) is 3.76. The molecule has 0 bridgehead atoms.